The van der Waals surface area contributed by atoms with Crippen LogP contribution in [0.15, 0.2) is 53.2 Å². The molecule has 140 valence electrons. The van der Waals surface area contributed by atoms with Crippen LogP contribution in [0.4, 0.5) is 0 Å². The summed E-state index contributed by atoms with van der Waals surface area (Å²) in [6.45, 7) is 0. The molecule has 0 saturated carbocycles. The molecule has 28 heavy (non-hydrogen) atoms. The molecular formula is C20H10Cl3NO2S2. The maximum absolute atomic E-state index is 11.8. The van der Waals surface area contributed by atoms with E-state index < -0.39 is 5.97 Å². The molecule has 2 aromatic carbocycles. The first-order valence-corrected chi connectivity index (χ1v) is 10.9. The van der Waals surface area contributed by atoms with Crippen LogP contribution in [0.2, 0.25) is 14.4 Å². The molecule has 0 fully saturated rings. The number of aromatic nitrogens is 1. The fourth-order valence-electron chi connectivity index (χ4n) is 2.77. The summed E-state index contributed by atoms with van der Waals surface area (Å²) in [5, 5.41) is 15.1. The van der Waals surface area contributed by atoms with Crippen molar-refractivity contribution in [3.05, 3.63) is 73.2 Å². The summed E-state index contributed by atoms with van der Waals surface area (Å²) in [6.07, 6.45) is 0. The molecule has 0 unspecified atom stereocenters. The quantitative estimate of drug-likeness (QED) is 0.333. The van der Waals surface area contributed by atoms with Gasteiger partial charge in [0.25, 0.3) is 0 Å². The lowest BCUT2D eigenvalue weighted by atomic mass is 9.99. The maximum atomic E-state index is 11.8. The average Bonchev–Trinajstić information content (AvgIpc) is 3.33. The third-order valence-corrected chi connectivity index (χ3v) is 6.92. The third kappa shape index (κ3) is 3.69. The van der Waals surface area contributed by atoms with E-state index in [0.717, 1.165) is 16.8 Å². The van der Waals surface area contributed by atoms with E-state index in [1.165, 1.54) is 22.7 Å². The van der Waals surface area contributed by atoms with Gasteiger partial charge in [0.1, 0.15) is 9.34 Å². The molecule has 4 rings (SSSR count). The Morgan fingerprint density at radius 2 is 1.68 bits per heavy atom. The van der Waals surface area contributed by atoms with Crippen molar-refractivity contribution >= 4 is 63.4 Å². The molecule has 0 radical (unpaired) electrons. The average molecular weight is 467 g/mol. The number of carboxylic acids is 1. The smallest absolute Gasteiger partial charge is 0.336 e. The number of hydrogen-bond acceptors (Lipinski definition) is 4. The first-order valence-electron chi connectivity index (χ1n) is 7.96. The van der Waals surface area contributed by atoms with E-state index in [9.17, 15) is 9.90 Å². The molecule has 4 aromatic rings. The number of carboxylic acid groups (broad SMARTS) is 1. The zero-order chi connectivity index (χ0) is 19.8. The van der Waals surface area contributed by atoms with Gasteiger partial charge in [0.15, 0.2) is 0 Å². The number of thiazole rings is 1. The van der Waals surface area contributed by atoms with Crippen LogP contribution in [0.1, 0.15) is 10.4 Å². The fraction of sp³-hybridized carbons (Fsp3) is 0. The summed E-state index contributed by atoms with van der Waals surface area (Å²) in [4.78, 5) is 16.5. The van der Waals surface area contributed by atoms with Crippen LogP contribution in [-0.2, 0) is 0 Å². The van der Waals surface area contributed by atoms with Gasteiger partial charge in [-0.3, -0.25) is 0 Å². The van der Waals surface area contributed by atoms with E-state index in [1.54, 1.807) is 24.3 Å². The zero-order valence-corrected chi connectivity index (χ0v) is 17.8. The lowest BCUT2D eigenvalue weighted by molar-refractivity contribution is 0.0698. The Kier molecular flexibility index (Phi) is 5.45. The van der Waals surface area contributed by atoms with Gasteiger partial charge in [-0.15, -0.1) is 22.7 Å². The monoisotopic (exact) mass is 465 g/mol. The molecule has 0 aliphatic heterocycles. The minimum Gasteiger partial charge on any atom is -0.478 e. The van der Waals surface area contributed by atoms with Crippen molar-refractivity contribution in [3.63, 3.8) is 0 Å². The molecule has 0 aliphatic rings. The van der Waals surface area contributed by atoms with Gasteiger partial charge >= 0.3 is 5.97 Å². The van der Waals surface area contributed by atoms with Gasteiger partial charge in [0, 0.05) is 22.1 Å². The zero-order valence-electron chi connectivity index (χ0n) is 13.9. The lowest BCUT2D eigenvalue weighted by Crippen LogP contribution is -2.00. The molecule has 3 nitrogen and oxygen atoms in total. The summed E-state index contributed by atoms with van der Waals surface area (Å²) >= 11 is 21.1. The highest BCUT2D eigenvalue weighted by atomic mass is 35.5. The number of hydrogen-bond donors (Lipinski definition) is 1. The number of benzene rings is 2. The van der Waals surface area contributed by atoms with Gasteiger partial charge in [-0.2, -0.15) is 0 Å². The van der Waals surface area contributed by atoms with Gasteiger partial charge in [0.2, 0.25) is 0 Å². The molecule has 0 bridgehead atoms. The summed E-state index contributed by atoms with van der Waals surface area (Å²) < 4.78 is 0.561. The maximum Gasteiger partial charge on any atom is 0.336 e. The fourth-order valence-corrected chi connectivity index (χ4v) is 4.84. The largest absolute Gasteiger partial charge is 0.478 e. The van der Waals surface area contributed by atoms with E-state index >= 15 is 0 Å². The topological polar surface area (TPSA) is 50.2 Å². The Morgan fingerprint density at radius 1 is 0.893 bits per heavy atom. The van der Waals surface area contributed by atoms with Crippen LogP contribution in [-0.4, -0.2) is 16.1 Å². The number of halogens is 3. The van der Waals surface area contributed by atoms with E-state index in [1.807, 2.05) is 29.0 Å². The number of aromatic carboxylic acids is 1. The number of carbonyl (C=O) groups is 1. The second kappa shape index (κ2) is 7.85. The third-order valence-electron chi connectivity index (χ3n) is 4.12. The van der Waals surface area contributed by atoms with Crippen molar-refractivity contribution in [2.24, 2.45) is 0 Å². The van der Waals surface area contributed by atoms with Crippen LogP contribution < -0.4 is 0 Å². The van der Waals surface area contributed by atoms with Gasteiger partial charge < -0.3 is 5.11 Å². The van der Waals surface area contributed by atoms with Crippen LogP contribution >= 0.6 is 57.5 Å². The van der Waals surface area contributed by atoms with Crippen molar-refractivity contribution < 1.29 is 9.90 Å². The summed E-state index contributed by atoms with van der Waals surface area (Å²) in [5.74, 6) is -1.01. The van der Waals surface area contributed by atoms with Gasteiger partial charge in [-0.25, -0.2) is 9.78 Å². The van der Waals surface area contributed by atoms with Gasteiger partial charge in [0.05, 0.1) is 21.3 Å². The van der Waals surface area contributed by atoms with Crippen molar-refractivity contribution in [2.75, 3.05) is 0 Å². The second-order valence-electron chi connectivity index (χ2n) is 5.84. The molecule has 0 spiro atoms. The second-order valence-corrected chi connectivity index (χ2v) is 9.03. The number of thiophene rings is 1. The predicted octanol–water partition coefficient (Wildman–Crippen LogP) is 7.86. The Morgan fingerprint density at radius 3 is 2.36 bits per heavy atom. The number of rotatable bonds is 4. The molecule has 8 heteroatoms. The minimum atomic E-state index is -1.01. The number of nitrogens with zero attached hydrogens (tertiary/aromatic N) is 1. The van der Waals surface area contributed by atoms with E-state index in [4.69, 9.17) is 34.8 Å². The molecule has 2 aromatic heterocycles. The highest BCUT2D eigenvalue weighted by molar-refractivity contribution is 7.15. The molecule has 0 aliphatic carbocycles. The summed E-state index contributed by atoms with van der Waals surface area (Å²) in [7, 11) is 0. The van der Waals surface area contributed by atoms with Crippen LogP contribution in [0, 0.1) is 0 Å². The van der Waals surface area contributed by atoms with Crippen molar-refractivity contribution in [1.29, 1.82) is 0 Å². The highest BCUT2D eigenvalue weighted by Crippen LogP contribution is 2.38. The SMILES string of the molecule is O=C(O)c1cc(-c2nc(-c3ccc(Cl)c(Cl)c3)cs2)ccc1-c1ccsc1Cl. The standard InChI is InChI=1S/C20H10Cl3NO2S2/c21-15-4-2-10(8-16(15)22)17-9-28-19(24-17)11-1-3-12(14(7-11)20(25)26)13-5-6-27-18(13)23/h1-9H,(H,25,26). The Balaban J connectivity index is 1.75. The minimum absolute atomic E-state index is 0.184. The van der Waals surface area contributed by atoms with Crippen molar-refractivity contribution in [1.82, 2.24) is 4.98 Å². The Bertz CT molecular complexity index is 1200. The Hall–Kier alpha value is -1.89. The van der Waals surface area contributed by atoms with E-state index in [2.05, 4.69) is 4.98 Å². The van der Waals surface area contributed by atoms with E-state index in [-0.39, 0.29) is 5.56 Å². The van der Waals surface area contributed by atoms with E-state index in [0.29, 0.717) is 30.5 Å². The lowest BCUT2D eigenvalue weighted by Gasteiger charge is -2.07. The van der Waals surface area contributed by atoms with Crippen molar-refractivity contribution in [3.8, 4) is 33.0 Å². The molecule has 0 amide bonds. The molecule has 1 N–H and O–H groups in total. The first-order chi connectivity index (χ1) is 13.4. The summed E-state index contributed by atoms with van der Waals surface area (Å²) in [5.41, 5.74) is 3.81. The highest BCUT2D eigenvalue weighted by Gasteiger charge is 2.17. The van der Waals surface area contributed by atoms with Crippen LogP contribution in [0.5, 0.6) is 0 Å². The summed E-state index contributed by atoms with van der Waals surface area (Å²) in [6, 6.07) is 12.4. The molecule has 0 saturated heterocycles. The predicted molar refractivity (Wildman–Crippen MR) is 118 cm³/mol. The first kappa shape index (κ1) is 19.4. The van der Waals surface area contributed by atoms with Gasteiger partial charge in [-0.05, 0) is 35.2 Å². The molecule has 0 atom stereocenters. The molecule has 2 heterocycles. The molecular weight excluding hydrogens is 457 g/mol. The van der Waals surface area contributed by atoms with Crippen molar-refractivity contribution in [2.45, 2.75) is 0 Å². The van der Waals surface area contributed by atoms with Gasteiger partial charge in [-0.1, -0.05) is 53.0 Å². The normalized spacial score (nSPS) is 11.0. The Labute approximate surface area is 183 Å². The van der Waals surface area contributed by atoms with Crippen LogP contribution in [0.3, 0.4) is 0 Å². The van der Waals surface area contributed by atoms with Crippen LogP contribution in [0.25, 0.3) is 33.0 Å².